The molecular formula is C51H31N3O2. The minimum absolute atomic E-state index is 0.146. The van der Waals surface area contributed by atoms with Crippen LogP contribution in [-0.2, 0) is 0 Å². The van der Waals surface area contributed by atoms with E-state index in [9.17, 15) is 6.85 Å². The first kappa shape index (κ1) is 20.2. The molecule has 5 nitrogen and oxygen atoms in total. The molecule has 11 rings (SSSR count). The van der Waals surface area contributed by atoms with Gasteiger partial charge in [0, 0.05) is 38.2 Å². The summed E-state index contributed by atoms with van der Waals surface area (Å²) in [5.41, 5.74) is 0.793. The lowest BCUT2D eigenvalue weighted by molar-refractivity contribution is 0.668. The zero-order valence-corrected chi connectivity index (χ0v) is 28.9. The predicted octanol–water partition coefficient (Wildman–Crippen LogP) is 13.7. The standard InChI is InChI=1S/C51H31N3O2/c1-3-11-32(12-4-1)34-21-25-36(26-22-34)39-16-9-19-44-47(39)41-30-29-38(31-46(41)56-44)50-52-49(37-27-23-35(24-28-37)33-13-5-2-6-14-33)53-51(54-50)42-17-10-20-45-48(42)40-15-7-8-18-43(40)55-45/h1-31H/i1D,3D,4D,9D,11D,12D,16D,19D,21D,22D,25D,26D,29D,30D,31D. The van der Waals surface area contributed by atoms with Crippen molar-refractivity contribution in [3.8, 4) is 67.5 Å². The molecule has 0 spiro atoms. The molecule has 0 saturated carbocycles. The molecular weight excluding hydrogens is 687 g/mol. The van der Waals surface area contributed by atoms with Crippen LogP contribution in [0.5, 0.6) is 0 Å². The Morgan fingerprint density at radius 2 is 0.964 bits per heavy atom. The Morgan fingerprint density at radius 1 is 0.339 bits per heavy atom. The van der Waals surface area contributed by atoms with Gasteiger partial charge in [-0.3, -0.25) is 0 Å². The van der Waals surface area contributed by atoms with Gasteiger partial charge >= 0.3 is 0 Å². The van der Waals surface area contributed by atoms with Crippen molar-refractivity contribution in [2.24, 2.45) is 0 Å². The van der Waals surface area contributed by atoms with Gasteiger partial charge in [-0.25, -0.2) is 15.0 Å². The van der Waals surface area contributed by atoms with Crippen LogP contribution < -0.4 is 0 Å². The Morgan fingerprint density at radius 3 is 1.80 bits per heavy atom. The smallest absolute Gasteiger partial charge is 0.164 e. The molecule has 5 heteroatoms. The van der Waals surface area contributed by atoms with E-state index in [0.29, 0.717) is 27.7 Å². The van der Waals surface area contributed by atoms with Crippen molar-refractivity contribution in [3.05, 3.63) is 188 Å². The number of aromatic nitrogens is 3. The lowest BCUT2D eigenvalue weighted by Gasteiger charge is -2.10. The van der Waals surface area contributed by atoms with E-state index in [2.05, 4.69) is 0 Å². The van der Waals surface area contributed by atoms with Crippen molar-refractivity contribution in [1.82, 2.24) is 15.0 Å². The molecule has 0 N–H and O–H groups in total. The first-order valence-corrected chi connectivity index (χ1v) is 17.5. The topological polar surface area (TPSA) is 65.0 Å². The van der Waals surface area contributed by atoms with E-state index in [-0.39, 0.29) is 39.4 Å². The summed E-state index contributed by atoms with van der Waals surface area (Å²) in [6, 6.07) is 19.0. The number of benzene rings is 8. The fourth-order valence-electron chi connectivity index (χ4n) is 6.83. The molecule has 0 radical (unpaired) electrons. The molecule has 0 atom stereocenters. The fourth-order valence-corrected chi connectivity index (χ4v) is 6.83. The first-order chi connectivity index (χ1) is 34.0. The molecule has 0 aliphatic rings. The molecule has 0 aliphatic heterocycles. The summed E-state index contributed by atoms with van der Waals surface area (Å²) in [5.74, 6) is 0.116. The third-order valence-electron chi connectivity index (χ3n) is 9.45. The SMILES string of the molecule is [2H]c1c([2H])c([2H])c(-c2c([2H])c([2H])c(-c3c([2H])c([2H])c([2H])c4oc5c([2H])c(-c6nc(-c7ccc(-c8ccccc8)cc7)nc(-c7cccc8oc9ccccc9c78)n6)c([2H])c([2H])c5c34)c([2H])c2[2H])c([2H])c1[2H]. The van der Waals surface area contributed by atoms with Gasteiger partial charge < -0.3 is 8.83 Å². The predicted molar refractivity (Wildman–Crippen MR) is 227 cm³/mol. The van der Waals surface area contributed by atoms with Crippen molar-refractivity contribution in [2.45, 2.75) is 0 Å². The summed E-state index contributed by atoms with van der Waals surface area (Å²) >= 11 is 0. The highest BCUT2D eigenvalue weighted by Gasteiger charge is 2.19. The first-order valence-electron chi connectivity index (χ1n) is 25.0. The summed E-state index contributed by atoms with van der Waals surface area (Å²) in [4.78, 5) is 14.6. The van der Waals surface area contributed by atoms with E-state index in [1.165, 1.54) is 0 Å². The minimum atomic E-state index is -0.840. The van der Waals surface area contributed by atoms with Crippen molar-refractivity contribution in [2.75, 3.05) is 0 Å². The molecule has 8 aromatic carbocycles. The van der Waals surface area contributed by atoms with Crippen molar-refractivity contribution >= 4 is 43.9 Å². The van der Waals surface area contributed by atoms with Gasteiger partial charge in [0.15, 0.2) is 17.5 Å². The minimum Gasteiger partial charge on any atom is -0.456 e. The molecule has 0 amide bonds. The van der Waals surface area contributed by atoms with E-state index >= 15 is 0 Å². The van der Waals surface area contributed by atoms with Crippen LogP contribution >= 0.6 is 0 Å². The van der Waals surface area contributed by atoms with Gasteiger partial charge in [-0.15, -0.1) is 0 Å². The fraction of sp³-hybridized carbons (Fsp3) is 0. The maximum Gasteiger partial charge on any atom is 0.164 e. The van der Waals surface area contributed by atoms with Crippen molar-refractivity contribution < 1.29 is 29.4 Å². The summed E-state index contributed by atoms with van der Waals surface area (Å²) in [6.07, 6.45) is 0. The number of hydrogen-bond acceptors (Lipinski definition) is 5. The van der Waals surface area contributed by atoms with Crippen LogP contribution in [-0.4, -0.2) is 15.0 Å². The van der Waals surface area contributed by atoms with Crippen LogP contribution in [0.4, 0.5) is 0 Å². The largest absolute Gasteiger partial charge is 0.456 e. The van der Waals surface area contributed by atoms with Gasteiger partial charge in [-0.1, -0.05) is 157 Å². The van der Waals surface area contributed by atoms with E-state index in [1.54, 1.807) is 6.07 Å². The lowest BCUT2D eigenvalue weighted by Crippen LogP contribution is -2.00. The van der Waals surface area contributed by atoms with Crippen molar-refractivity contribution in [1.29, 1.82) is 0 Å². The molecule has 0 fully saturated rings. The maximum atomic E-state index is 9.67. The van der Waals surface area contributed by atoms with Gasteiger partial charge in [0.2, 0.25) is 0 Å². The maximum absolute atomic E-state index is 9.67. The average molecular weight is 733 g/mol. The summed E-state index contributed by atoms with van der Waals surface area (Å²) in [5, 5.41) is 0.862. The second-order valence-electron chi connectivity index (χ2n) is 12.8. The molecule has 11 aromatic rings. The van der Waals surface area contributed by atoms with Gasteiger partial charge in [0.1, 0.15) is 22.3 Å². The van der Waals surface area contributed by atoms with Gasteiger partial charge in [-0.2, -0.15) is 0 Å². The lowest BCUT2D eigenvalue weighted by atomic mass is 9.96. The van der Waals surface area contributed by atoms with E-state index in [4.69, 9.17) is 37.5 Å². The highest BCUT2D eigenvalue weighted by molar-refractivity contribution is 6.13. The molecule has 3 heterocycles. The summed E-state index contributed by atoms with van der Waals surface area (Å²) < 4.78 is 146. The monoisotopic (exact) mass is 732 g/mol. The van der Waals surface area contributed by atoms with E-state index in [0.717, 1.165) is 16.5 Å². The van der Waals surface area contributed by atoms with E-state index < -0.39 is 118 Å². The molecule has 262 valence electrons. The molecule has 0 bridgehead atoms. The Labute approximate surface area is 343 Å². The second kappa shape index (κ2) is 13.0. The van der Waals surface area contributed by atoms with Crippen LogP contribution in [0, 0.1) is 0 Å². The van der Waals surface area contributed by atoms with Gasteiger partial charge in [-0.05, 0) is 63.6 Å². The number of para-hydroxylation sites is 1. The second-order valence-corrected chi connectivity index (χ2v) is 12.8. The number of nitrogens with zero attached hydrogens (tertiary/aromatic N) is 3. The Hall–Kier alpha value is -7.63. The number of furan rings is 2. The number of fused-ring (bicyclic) bond motifs is 6. The highest BCUT2D eigenvalue weighted by Crippen LogP contribution is 2.40. The summed E-state index contributed by atoms with van der Waals surface area (Å²) in [7, 11) is 0. The van der Waals surface area contributed by atoms with Crippen LogP contribution in [0.25, 0.3) is 111 Å². The van der Waals surface area contributed by atoms with Crippen molar-refractivity contribution in [3.63, 3.8) is 0 Å². The molecule has 0 aliphatic carbocycles. The average Bonchev–Trinajstić information content (AvgIpc) is 3.98. The van der Waals surface area contributed by atoms with E-state index in [1.807, 2.05) is 91.0 Å². The molecule has 0 unspecified atom stereocenters. The zero-order valence-electron chi connectivity index (χ0n) is 43.9. The van der Waals surface area contributed by atoms with Crippen LogP contribution in [0.1, 0.15) is 20.6 Å². The number of rotatable bonds is 6. The normalized spacial score (nSPS) is 15.3. The quantitative estimate of drug-likeness (QED) is 0.170. The zero-order chi connectivity index (χ0) is 50.1. The number of hydrogen-bond donors (Lipinski definition) is 0. The van der Waals surface area contributed by atoms with Gasteiger partial charge in [0.05, 0.1) is 20.6 Å². The Kier molecular flexibility index (Phi) is 4.70. The summed E-state index contributed by atoms with van der Waals surface area (Å²) in [6.45, 7) is 0. The third kappa shape index (κ3) is 5.45. The van der Waals surface area contributed by atoms with Crippen LogP contribution in [0.15, 0.2) is 197 Å². The van der Waals surface area contributed by atoms with Crippen LogP contribution in [0.3, 0.4) is 0 Å². The molecule has 56 heavy (non-hydrogen) atoms. The third-order valence-corrected chi connectivity index (χ3v) is 9.45. The Balaban J connectivity index is 1.17. The Bertz CT molecular complexity index is 4060. The molecule has 3 aromatic heterocycles. The van der Waals surface area contributed by atoms with Gasteiger partial charge in [0.25, 0.3) is 0 Å². The van der Waals surface area contributed by atoms with Crippen LogP contribution in [0.2, 0.25) is 0 Å². The molecule has 0 saturated heterocycles. The highest BCUT2D eigenvalue weighted by atomic mass is 16.3.